The third-order valence-corrected chi connectivity index (χ3v) is 3.46. The summed E-state index contributed by atoms with van der Waals surface area (Å²) in [5, 5.41) is 10.1. The second-order valence-electron chi connectivity index (χ2n) is 5.73. The van der Waals surface area contributed by atoms with Gasteiger partial charge in [-0.2, -0.15) is 0 Å². The number of hydrogen-bond donors (Lipinski definition) is 2. The summed E-state index contributed by atoms with van der Waals surface area (Å²) in [6, 6.07) is 8.38. The Labute approximate surface area is 122 Å². The first kappa shape index (κ1) is 16.8. The maximum atomic E-state index is 10.1. The van der Waals surface area contributed by atoms with Crippen LogP contribution in [0.15, 0.2) is 24.3 Å². The van der Waals surface area contributed by atoms with E-state index < -0.39 is 6.10 Å². The standard InChI is InChI=1S/C16H27NO3/c1-12(2)17(13(3)4)10-14(18)11-20-16-8-6-15(19-5)7-9-16/h6-9,12-14,18H,10-11H2,1-5H3/p+1/t14-/m1/s1. The summed E-state index contributed by atoms with van der Waals surface area (Å²) >= 11 is 0. The summed E-state index contributed by atoms with van der Waals surface area (Å²) in [6.45, 7) is 9.71. The van der Waals surface area contributed by atoms with Crippen molar-refractivity contribution in [1.29, 1.82) is 0 Å². The minimum absolute atomic E-state index is 0.315. The van der Waals surface area contributed by atoms with Crippen LogP contribution in [0.1, 0.15) is 27.7 Å². The molecule has 0 heterocycles. The largest absolute Gasteiger partial charge is 0.497 e. The van der Waals surface area contributed by atoms with Gasteiger partial charge in [0.2, 0.25) is 0 Å². The van der Waals surface area contributed by atoms with E-state index in [1.807, 2.05) is 24.3 Å². The predicted molar refractivity (Wildman–Crippen MR) is 80.6 cm³/mol. The second-order valence-corrected chi connectivity index (χ2v) is 5.73. The van der Waals surface area contributed by atoms with E-state index in [0.29, 0.717) is 25.2 Å². The van der Waals surface area contributed by atoms with Crippen LogP contribution < -0.4 is 14.4 Å². The topological polar surface area (TPSA) is 43.1 Å². The molecule has 1 atom stereocenters. The van der Waals surface area contributed by atoms with Crippen molar-refractivity contribution >= 4 is 0 Å². The molecule has 0 spiro atoms. The van der Waals surface area contributed by atoms with E-state index in [9.17, 15) is 5.11 Å². The Kier molecular flexibility index (Phi) is 6.82. The zero-order valence-electron chi connectivity index (χ0n) is 13.2. The zero-order valence-corrected chi connectivity index (χ0v) is 13.2. The molecule has 0 radical (unpaired) electrons. The highest BCUT2D eigenvalue weighted by Crippen LogP contribution is 2.16. The van der Waals surface area contributed by atoms with Gasteiger partial charge in [-0.1, -0.05) is 0 Å². The van der Waals surface area contributed by atoms with Gasteiger partial charge >= 0.3 is 0 Å². The predicted octanol–water partition coefficient (Wildman–Crippen LogP) is 1.14. The van der Waals surface area contributed by atoms with Crippen molar-refractivity contribution in [2.45, 2.75) is 45.9 Å². The van der Waals surface area contributed by atoms with Gasteiger partial charge in [0, 0.05) is 0 Å². The summed E-state index contributed by atoms with van der Waals surface area (Å²) < 4.78 is 10.7. The smallest absolute Gasteiger partial charge is 0.137 e. The number of nitrogens with one attached hydrogen (secondary N) is 1. The summed E-state index contributed by atoms with van der Waals surface area (Å²) in [7, 11) is 1.63. The molecule has 1 aromatic carbocycles. The van der Waals surface area contributed by atoms with E-state index in [-0.39, 0.29) is 0 Å². The molecule has 0 aliphatic rings. The molecule has 2 N–H and O–H groups in total. The molecule has 4 heteroatoms. The van der Waals surface area contributed by atoms with E-state index in [1.165, 1.54) is 4.90 Å². The molecule has 0 aliphatic carbocycles. The molecule has 114 valence electrons. The first-order valence-corrected chi connectivity index (χ1v) is 7.24. The molecular formula is C16H28NO3+. The lowest BCUT2D eigenvalue weighted by atomic mass is 10.2. The molecule has 0 saturated carbocycles. The van der Waals surface area contributed by atoms with Gasteiger partial charge in [0.1, 0.15) is 30.8 Å². The molecule has 4 nitrogen and oxygen atoms in total. The van der Waals surface area contributed by atoms with E-state index in [1.54, 1.807) is 7.11 Å². The Hall–Kier alpha value is -1.26. The van der Waals surface area contributed by atoms with Gasteiger partial charge in [-0.15, -0.1) is 0 Å². The van der Waals surface area contributed by atoms with Crippen LogP contribution in [0.25, 0.3) is 0 Å². The van der Waals surface area contributed by atoms with Gasteiger partial charge in [-0.05, 0) is 52.0 Å². The maximum absolute atomic E-state index is 10.1. The molecule has 0 aliphatic heterocycles. The average Bonchev–Trinajstić information content (AvgIpc) is 2.42. The van der Waals surface area contributed by atoms with Crippen LogP contribution in [0.4, 0.5) is 0 Å². The van der Waals surface area contributed by atoms with E-state index in [2.05, 4.69) is 27.7 Å². The van der Waals surface area contributed by atoms with Crippen LogP contribution in [0.3, 0.4) is 0 Å². The Bertz CT molecular complexity index is 368. The first-order chi connectivity index (χ1) is 9.43. The fourth-order valence-corrected chi connectivity index (χ4v) is 2.33. The van der Waals surface area contributed by atoms with E-state index >= 15 is 0 Å². The van der Waals surface area contributed by atoms with Gasteiger partial charge in [0.15, 0.2) is 0 Å². The molecule has 0 unspecified atom stereocenters. The lowest BCUT2D eigenvalue weighted by Gasteiger charge is -2.29. The Morgan fingerprint density at radius 3 is 1.95 bits per heavy atom. The van der Waals surface area contributed by atoms with Crippen LogP contribution in [-0.2, 0) is 0 Å². The number of rotatable bonds is 8. The Balaban J connectivity index is 2.43. The lowest BCUT2D eigenvalue weighted by molar-refractivity contribution is -0.944. The third-order valence-electron chi connectivity index (χ3n) is 3.46. The van der Waals surface area contributed by atoms with Crippen molar-refractivity contribution in [2.24, 2.45) is 0 Å². The monoisotopic (exact) mass is 282 g/mol. The number of methoxy groups -OCH3 is 1. The minimum atomic E-state index is -0.461. The number of benzene rings is 1. The van der Waals surface area contributed by atoms with Gasteiger partial charge in [-0.25, -0.2) is 0 Å². The summed E-state index contributed by atoms with van der Waals surface area (Å²) in [5.41, 5.74) is 0. The van der Waals surface area contributed by atoms with Crippen molar-refractivity contribution in [2.75, 3.05) is 20.3 Å². The highest BCUT2D eigenvalue weighted by Gasteiger charge is 2.21. The molecule has 0 aromatic heterocycles. The highest BCUT2D eigenvalue weighted by molar-refractivity contribution is 5.31. The molecule has 0 bridgehead atoms. The van der Waals surface area contributed by atoms with Crippen molar-refractivity contribution in [3.8, 4) is 11.5 Å². The zero-order chi connectivity index (χ0) is 15.1. The molecule has 1 aromatic rings. The summed E-state index contributed by atoms with van der Waals surface area (Å²) in [4.78, 5) is 1.39. The van der Waals surface area contributed by atoms with E-state index in [4.69, 9.17) is 9.47 Å². The van der Waals surface area contributed by atoms with Crippen molar-refractivity contribution in [3.05, 3.63) is 24.3 Å². The highest BCUT2D eigenvalue weighted by atomic mass is 16.5. The van der Waals surface area contributed by atoms with Crippen LogP contribution in [-0.4, -0.2) is 43.6 Å². The van der Waals surface area contributed by atoms with Gasteiger partial charge < -0.3 is 19.5 Å². The maximum Gasteiger partial charge on any atom is 0.137 e. The molecule has 20 heavy (non-hydrogen) atoms. The van der Waals surface area contributed by atoms with Crippen LogP contribution >= 0.6 is 0 Å². The number of aliphatic hydroxyl groups is 1. The SMILES string of the molecule is COc1ccc(OC[C@H](O)C[NH+](C(C)C)C(C)C)cc1. The summed E-state index contributed by atoms with van der Waals surface area (Å²) in [6.07, 6.45) is -0.461. The van der Waals surface area contributed by atoms with Gasteiger partial charge in [-0.3, -0.25) is 0 Å². The van der Waals surface area contributed by atoms with Crippen LogP contribution in [0, 0.1) is 0 Å². The van der Waals surface area contributed by atoms with Crippen molar-refractivity contribution < 1.29 is 19.5 Å². The minimum Gasteiger partial charge on any atom is -0.497 e. The molecular weight excluding hydrogens is 254 g/mol. The normalized spacial score (nSPS) is 13.1. The van der Waals surface area contributed by atoms with Gasteiger partial charge in [0.05, 0.1) is 19.2 Å². The molecule has 1 rings (SSSR count). The number of aliphatic hydroxyl groups excluding tert-OH is 1. The molecule has 0 amide bonds. The van der Waals surface area contributed by atoms with Gasteiger partial charge in [0.25, 0.3) is 0 Å². The summed E-state index contributed by atoms with van der Waals surface area (Å²) in [5.74, 6) is 1.55. The lowest BCUT2D eigenvalue weighted by Crippen LogP contribution is -3.18. The van der Waals surface area contributed by atoms with E-state index in [0.717, 1.165) is 11.5 Å². The number of quaternary nitrogens is 1. The molecule has 0 fully saturated rings. The Morgan fingerprint density at radius 1 is 1.00 bits per heavy atom. The Morgan fingerprint density at radius 2 is 1.50 bits per heavy atom. The molecule has 0 saturated heterocycles. The second kappa shape index (κ2) is 8.12. The van der Waals surface area contributed by atoms with Crippen molar-refractivity contribution in [3.63, 3.8) is 0 Å². The van der Waals surface area contributed by atoms with Crippen LogP contribution in [0.2, 0.25) is 0 Å². The fourth-order valence-electron chi connectivity index (χ4n) is 2.33. The third kappa shape index (κ3) is 5.39. The average molecular weight is 282 g/mol. The first-order valence-electron chi connectivity index (χ1n) is 7.24. The van der Waals surface area contributed by atoms with Crippen LogP contribution in [0.5, 0.6) is 11.5 Å². The van der Waals surface area contributed by atoms with Crippen molar-refractivity contribution in [1.82, 2.24) is 0 Å². The number of ether oxygens (including phenoxy) is 2. The fraction of sp³-hybridized carbons (Fsp3) is 0.625. The quantitative estimate of drug-likeness (QED) is 0.751. The number of hydrogen-bond acceptors (Lipinski definition) is 3.